The van der Waals surface area contributed by atoms with Gasteiger partial charge in [-0.2, -0.15) is 0 Å². The van der Waals surface area contributed by atoms with Crippen LogP contribution in [0.4, 0.5) is 0 Å². The predicted molar refractivity (Wildman–Crippen MR) is 49.1 cm³/mol. The lowest BCUT2D eigenvalue weighted by atomic mass is 10.3. The summed E-state index contributed by atoms with van der Waals surface area (Å²) in [5.41, 5.74) is 6.58. The second kappa shape index (κ2) is 3.54. The first kappa shape index (κ1) is 9.00. The molecule has 1 aromatic heterocycles. The lowest BCUT2D eigenvalue weighted by molar-refractivity contribution is 0.573. The van der Waals surface area contributed by atoms with Crippen molar-refractivity contribution in [2.75, 3.05) is 0 Å². The Morgan fingerprint density at radius 1 is 1.67 bits per heavy atom. The van der Waals surface area contributed by atoms with E-state index in [1.807, 2.05) is 19.9 Å². The molecule has 0 unspecified atom stereocenters. The average molecular weight is 166 g/mol. The Morgan fingerprint density at radius 3 is 2.83 bits per heavy atom. The highest BCUT2D eigenvalue weighted by atomic mass is 16.1. The Bertz CT molecular complexity index is 315. The van der Waals surface area contributed by atoms with Crippen molar-refractivity contribution in [1.29, 1.82) is 0 Å². The molecule has 0 saturated heterocycles. The maximum Gasteiger partial charge on any atom is 0.250 e. The summed E-state index contributed by atoms with van der Waals surface area (Å²) < 4.78 is 1.62. The van der Waals surface area contributed by atoms with E-state index >= 15 is 0 Å². The van der Waals surface area contributed by atoms with Crippen LogP contribution >= 0.6 is 0 Å². The zero-order valence-corrected chi connectivity index (χ0v) is 7.45. The van der Waals surface area contributed by atoms with Crippen molar-refractivity contribution in [3.8, 4) is 0 Å². The lowest BCUT2D eigenvalue weighted by Gasteiger charge is -2.07. The van der Waals surface area contributed by atoms with Gasteiger partial charge < -0.3 is 10.3 Å². The van der Waals surface area contributed by atoms with Crippen LogP contribution in [-0.4, -0.2) is 10.6 Å². The average Bonchev–Trinajstić information content (AvgIpc) is 1.94. The third-order valence-electron chi connectivity index (χ3n) is 1.64. The second-order valence-corrected chi connectivity index (χ2v) is 3.17. The van der Waals surface area contributed by atoms with Gasteiger partial charge in [-0.1, -0.05) is 0 Å². The Morgan fingerprint density at radius 2 is 2.33 bits per heavy atom. The Hall–Kier alpha value is -1.09. The summed E-state index contributed by atoms with van der Waals surface area (Å²) in [5, 5.41) is 0. The Labute approximate surface area is 71.8 Å². The van der Waals surface area contributed by atoms with Gasteiger partial charge in [0.1, 0.15) is 0 Å². The summed E-state index contributed by atoms with van der Waals surface area (Å²) >= 11 is 0. The molecule has 0 radical (unpaired) electrons. The van der Waals surface area contributed by atoms with E-state index in [4.69, 9.17) is 5.73 Å². The zero-order valence-electron chi connectivity index (χ0n) is 7.45. The van der Waals surface area contributed by atoms with Crippen molar-refractivity contribution < 1.29 is 0 Å². The second-order valence-electron chi connectivity index (χ2n) is 3.17. The number of nitrogens with zero attached hydrogens (tertiary/aromatic N) is 1. The molecule has 0 amide bonds. The molecule has 0 aliphatic rings. The maximum absolute atomic E-state index is 11.3. The van der Waals surface area contributed by atoms with Crippen LogP contribution in [0.1, 0.15) is 12.5 Å². The van der Waals surface area contributed by atoms with Crippen molar-refractivity contribution >= 4 is 0 Å². The zero-order chi connectivity index (χ0) is 9.14. The number of pyridine rings is 1. The molecule has 0 spiro atoms. The quantitative estimate of drug-likeness (QED) is 0.695. The van der Waals surface area contributed by atoms with Crippen LogP contribution in [0.5, 0.6) is 0 Å². The summed E-state index contributed by atoms with van der Waals surface area (Å²) in [4.78, 5) is 11.3. The number of hydrogen-bond acceptors (Lipinski definition) is 2. The smallest absolute Gasteiger partial charge is 0.250 e. The van der Waals surface area contributed by atoms with Crippen molar-refractivity contribution in [3.63, 3.8) is 0 Å². The molecule has 3 nitrogen and oxygen atoms in total. The van der Waals surface area contributed by atoms with Crippen molar-refractivity contribution in [1.82, 2.24) is 4.57 Å². The van der Waals surface area contributed by atoms with Crippen LogP contribution in [0.15, 0.2) is 23.1 Å². The van der Waals surface area contributed by atoms with Crippen LogP contribution in [-0.2, 0) is 6.54 Å². The molecular weight excluding hydrogens is 152 g/mol. The third-order valence-corrected chi connectivity index (χ3v) is 1.64. The van der Waals surface area contributed by atoms with Crippen molar-refractivity contribution in [2.24, 2.45) is 5.73 Å². The Balaban J connectivity index is 2.94. The van der Waals surface area contributed by atoms with Gasteiger partial charge in [-0.05, 0) is 25.5 Å². The molecule has 3 heteroatoms. The molecular formula is C9H14N2O. The van der Waals surface area contributed by atoms with Crippen LogP contribution in [0.2, 0.25) is 0 Å². The normalized spacial score (nSPS) is 12.9. The van der Waals surface area contributed by atoms with Gasteiger partial charge in [-0.3, -0.25) is 4.79 Å². The van der Waals surface area contributed by atoms with Gasteiger partial charge in [-0.25, -0.2) is 0 Å². The summed E-state index contributed by atoms with van der Waals surface area (Å²) in [6, 6.07) is 3.54. The molecule has 12 heavy (non-hydrogen) atoms. The standard InChI is InChI=1S/C9H14N2O/c1-7-3-4-11(6-8(2)10)9(12)5-7/h3-5,8H,6,10H2,1-2H3/t8-/m0/s1. The highest BCUT2D eigenvalue weighted by molar-refractivity contribution is 5.08. The third kappa shape index (κ3) is 2.20. The summed E-state index contributed by atoms with van der Waals surface area (Å²) in [6.07, 6.45) is 1.78. The molecule has 0 aromatic carbocycles. The SMILES string of the molecule is Cc1ccn(C[C@H](C)N)c(=O)c1. The minimum Gasteiger partial charge on any atom is -0.326 e. The minimum atomic E-state index is 0.0189. The molecule has 1 aromatic rings. The molecule has 0 aliphatic carbocycles. The molecule has 0 bridgehead atoms. The summed E-state index contributed by atoms with van der Waals surface area (Å²) in [7, 11) is 0. The molecule has 0 saturated carbocycles. The van der Waals surface area contributed by atoms with Crippen molar-refractivity contribution in [3.05, 3.63) is 34.2 Å². The van der Waals surface area contributed by atoms with Gasteiger partial charge in [0.15, 0.2) is 0 Å². The fourth-order valence-corrected chi connectivity index (χ4v) is 1.07. The topological polar surface area (TPSA) is 48.0 Å². The van der Waals surface area contributed by atoms with Gasteiger partial charge in [0.05, 0.1) is 0 Å². The fourth-order valence-electron chi connectivity index (χ4n) is 1.07. The Kier molecular flexibility index (Phi) is 2.65. The van der Waals surface area contributed by atoms with Crippen molar-refractivity contribution in [2.45, 2.75) is 26.4 Å². The van der Waals surface area contributed by atoms with Crippen LogP contribution in [0.3, 0.4) is 0 Å². The lowest BCUT2D eigenvalue weighted by Crippen LogP contribution is -2.29. The largest absolute Gasteiger partial charge is 0.326 e. The first-order valence-electron chi connectivity index (χ1n) is 4.02. The van der Waals surface area contributed by atoms with E-state index in [-0.39, 0.29) is 11.6 Å². The predicted octanol–water partition coefficient (Wildman–Crippen LogP) is 0.504. The minimum absolute atomic E-state index is 0.0189. The number of nitrogens with two attached hydrogens (primary N) is 1. The number of hydrogen-bond donors (Lipinski definition) is 1. The van der Waals surface area contributed by atoms with E-state index in [0.29, 0.717) is 6.54 Å². The van der Waals surface area contributed by atoms with Crippen LogP contribution in [0.25, 0.3) is 0 Å². The molecule has 2 N–H and O–H groups in total. The van der Waals surface area contributed by atoms with Crippen LogP contribution in [0, 0.1) is 6.92 Å². The summed E-state index contributed by atoms with van der Waals surface area (Å²) in [5.74, 6) is 0. The van der Waals surface area contributed by atoms with Gasteiger partial charge in [0.25, 0.3) is 5.56 Å². The maximum atomic E-state index is 11.3. The van der Waals surface area contributed by atoms with E-state index in [2.05, 4.69) is 0 Å². The first-order chi connectivity index (χ1) is 5.59. The highest BCUT2D eigenvalue weighted by Crippen LogP contribution is 1.91. The molecule has 1 rings (SSSR count). The van der Waals surface area contributed by atoms with E-state index < -0.39 is 0 Å². The fraction of sp³-hybridized carbons (Fsp3) is 0.444. The summed E-state index contributed by atoms with van der Waals surface area (Å²) in [6.45, 7) is 4.36. The first-order valence-corrected chi connectivity index (χ1v) is 4.02. The van der Waals surface area contributed by atoms with E-state index in [1.54, 1.807) is 16.8 Å². The van der Waals surface area contributed by atoms with Crippen LogP contribution < -0.4 is 11.3 Å². The molecule has 1 heterocycles. The monoisotopic (exact) mass is 166 g/mol. The number of aromatic nitrogens is 1. The number of aryl methyl sites for hydroxylation is 1. The van der Waals surface area contributed by atoms with Gasteiger partial charge in [0.2, 0.25) is 0 Å². The molecule has 1 atom stereocenters. The highest BCUT2D eigenvalue weighted by Gasteiger charge is 1.98. The number of rotatable bonds is 2. The molecule has 66 valence electrons. The van der Waals surface area contributed by atoms with Gasteiger partial charge >= 0.3 is 0 Å². The van der Waals surface area contributed by atoms with Gasteiger partial charge in [-0.15, -0.1) is 0 Å². The van der Waals surface area contributed by atoms with E-state index in [9.17, 15) is 4.79 Å². The molecule has 0 aliphatic heterocycles. The molecule has 0 fully saturated rings. The van der Waals surface area contributed by atoms with E-state index in [1.165, 1.54) is 0 Å². The van der Waals surface area contributed by atoms with Gasteiger partial charge in [0, 0.05) is 24.8 Å². The van der Waals surface area contributed by atoms with E-state index in [0.717, 1.165) is 5.56 Å².